The van der Waals surface area contributed by atoms with Crippen molar-refractivity contribution in [1.82, 2.24) is 19.3 Å². The average Bonchev–Trinajstić information content (AvgIpc) is 3.63. The highest BCUT2D eigenvalue weighted by molar-refractivity contribution is 6.09. The molecule has 7 rings (SSSR count). The highest BCUT2D eigenvalue weighted by Crippen LogP contribution is 2.37. The minimum absolute atomic E-state index is 0.0860. The third-order valence-electron chi connectivity index (χ3n) is 9.13. The zero-order valence-corrected chi connectivity index (χ0v) is 29.3. The van der Waals surface area contributed by atoms with E-state index < -0.39 is 0 Å². The molecule has 0 aliphatic carbocycles. The number of aryl methyl sites for hydroxylation is 3. The number of hydrogen-bond donors (Lipinski definition) is 0. The number of para-hydroxylation sites is 1. The number of pyridine rings is 1. The van der Waals surface area contributed by atoms with E-state index in [0.717, 1.165) is 46.0 Å². The van der Waals surface area contributed by atoms with Crippen LogP contribution < -0.4 is 4.74 Å². The van der Waals surface area contributed by atoms with Gasteiger partial charge >= 0.3 is 0 Å². The van der Waals surface area contributed by atoms with Crippen LogP contribution in [0.5, 0.6) is 11.5 Å². The summed E-state index contributed by atoms with van der Waals surface area (Å²) in [6, 6.07) is 30.2. The van der Waals surface area contributed by atoms with Crippen molar-refractivity contribution >= 4 is 21.8 Å². The standard InChI is InChI=1S/C43H44N4O/c1-27(2)17-31-15-16-44-41(20-31)47-39-12-10-9-11-37(39)38-14-13-35(24-40(38)47)48-36-22-33(43(6,7)8)21-34(23-36)46-26-32(25-45-46)42-29(4)18-28(3)19-30(42)5/h9-16,18-27H,17H2,1-8H3. The van der Waals surface area contributed by atoms with E-state index in [4.69, 9.17) is 14.8 Å². The number of nitrogens with zero attached hydrogens (tertiary/aromatic N) is 4. The Balaban J connectivity index is 1.31. The summed E-state index contributed by atoms with van der Waals surface area (Å²) in [5.41, 5.74) is 11.7. The Labute approximate surface area is 283 Å². The molecule has 7 aromatic rings. The summed E-state index contributed by atoms with van der Waals surface area (Å²) < 4.78 is 10.9. The lowest BCUT2D eigenvalue weighted by atomic mass is 9.86. The SMILES string of the molecule is Cc1cc(C)c(-c2cnn(-c3cc(Oc4ccc5c6ccccc6n(-c6cc(CC(C)C)ccn6)c5c4)cc(C(C)(C)C)c3)c2)c(C)c1. The summed E-state index contributed by atoms with van der Waals surface area (Å²) in [6.07, 6.45) is 7.03. The average molecular weight is 633 g/mol. The maximum Gasteiger partial charge on any atom is 0.137 e. The monoisotopic (exact) mass is 632 g/mol. The normalized spacial score (nSPS) is 12.0. The van der Waals surface area contributed by atoms with Crippen molar-refractivity contribution in [2.45, 2.75) is 67.2 Å². The van der Waals surface area contributed by atoms with Crippen LogP contribution in [0, 0.1) is 26.7 Å². The zero-order valence-electron chi connectivity index (χ0n) is 29.3. The third-order valence-corrected chi connectivity index (χ3v) is 9.13. The van der Waals surface area contributed by atoms with Gasteiger partial charge in [0.25, 0.3) is 0 Å². The molecule has 0 radical (unpaired) electrons. The van der Waals surface area contributed by atoms with E-state index in [-0.39, 0.29) is 5.41 Å². The molecular weight excluding hydrogens is 589 g/mol. The lowest BCUT2D eigenvalue weighted by molar-refractivity contribution is 0.478. The summed E-state index contributed by atoms with van der Waals surface area (Å²) in [5, 5.41) is 7.19. The molecule has 0 spiro atoms. The lowest BCUT2D eigenvalue weighted by Crippen LogP contribution is -2.12. The molecule has 0 saturated carbocycles. The maximum atomic E-state index is 6.72. The topological polar surface area (TPSA) is 44.9 Å². The molecule has 48 heavy (non-hydrogen) atoms. The highest BCUT2D eigenvalue weighted by Gasteiger charge is 2.19. The van der Waals surface area contributed by atoms with Crippen LogP contribution in [0.15, 0.2) is 104 Å². The smallest absolute Gasteiger partial charge is 0.137 e. The van der Waals surface area contributed by atoms with Crippen LogP contribution in [0.25, 0.3) is 44.4 Å². The molecule has 3 heterocycles. The van der Waals surface area contributed by atoms with E-state index in [9.17, 15) is 0 Å². The molecule has 0 N–H and O–H groups in total. The molecule has 5 heteroatoms. The summed E-state index contributed by atoms with van der Waals surface area (Å²) in [5.74, 6) is 3.03. The number of fused-ring (bicyclic) bond motifs is 3. The first kappa shape index (κ1) is 31.4. The van der Waals surface area contributed by atoms with Gasteiger partial charge in [-0.1, -0.05) is 70.5 Å². The quantitative estimate of drug-likeness (QED) is 0.176. The number of aromatic nitrogens is 4. The first-order chi connectivity index (χ1) is 22.9. The van der Waals surface area contributed by atoms with Crippen molar-refractivity contribution in [3.8, 4) is 34.1 Å². The summed E-state index contributed by atoms with van der Waals surface area (Å²) in [4.78, 5) is 4.84. The summed E-state index contributed by atoms with van der Waals surface area (Å²) in [7, 11) is 0. The Morgan fingerprint density at radius 2 is 1.52 bits per heavy atom. The fraction of sp³-hybridized carbons (Fsp3) is 0.256. The Bertz CT molecular complexity index is 2270. The molecular formula is C43H44N4O. The van der Waals surface area contributed by atoms with Crippen molar-refractivity contribution in [3.63, 3.8) is 0 Å². The van der Waals surface area contributed by atoms with E-state index in [0.29, 0.717) is 5.92 Å². The van der Waals surface area contributed by atoms with Crippen molar-refractivity contribution in [1.29, 1.82) is 0 Å². The molecule has 0 bridgehead atoms. The molecule has 0 saturated heterocycles. The fourth-order valence-electron chi connectivity index (χ4n) is 7.01. The van der Waals surface area contributed by atoms with Crippen LogP contribution in [0.3, 0.4) is 0 Å². The van der Waals surface area contributed by atoms with Gasteiger partial charge < -0.3 is 4.74 Å². The van der Waals surface area contributed by atoms with Gasteiger partial charge in [-0.05, 0) is 109 Å². The van der Waals surface area contributed by atoms with E-state index >= 15 is 0 Å². The van der Waals surface area contributed by atoms with Crippen molar-refractivity contribution in [2.75, 3.05) is 0 Å². The predicted octanol–water partition coefficient (Wildman–Crippen LogP) is 11.2. The van der Waals surface area contributed by atoms with Gasteiger partial charge in [0, 0.05) is 40.9 Å². The molecule has 4 aromatic carbocycles. The second-order valence-corrected chi connectivity index (χ2v) is 14.7. The fourth-order valence-corrected chi connectivity index (χ4v) is 7.01. The highest BCUT2D eigenvalue weighted by atomic mass is 16.5. The van der Waals surface area contributed by atoms with Gasteiger partial charge in [0.1, 0.15) is 17.3 Å². The molecule has 5 nitrogen and oxygen atoms in total. The summed E-state index contributed by atoms with van der Waals surface area (Å²) in [6.45, 7) is 17.7. The van der Waals surface area contributed by atoms with Gasteiger partial charge in [-0.2, -0.15) is 5.10 Å². The maximum absolute atomic E-state index is 6.72. The minimum atomic E-state index is -0.0860. The third kappa shape index (κ3) is 6.01. The van der Waals surface area contributed by atoms with Crippen molar-refractivity contribution in [2.24, 2.45) is 5.92 Å². The van der Waals surface area contributed by atoms with Crippen molar-refractivity contribution in [3.05, 3.63) is 131 Å². The van der Waals surface area contributed by atoms with E-state index in [1.165, 1.54) is 44.2 Å². The van der Waals surface area contributed by atoms with Crippen LogP contribution in [-0.4, -0.2) is 19.3 Å². The van der Waals surface area contributed by atoms with Gasteiger partial charge in [-0.3, -0.25) is 4.57 Å². The second kappa shape index (κ2) is 12.1. The number of benzene rings is 4. The first-order valence-corrected chi connectivity index (χ1v) is 16.9. The molecule has 0 fully saturated rings. The second-order valence-electron chi connectivity index (χ2n) is 14.7. The van der Waals surface area contributed by atoms with E-state index in [1.807, 2.05) is 17.1 Å². The van der Waals surface area contributed by atoms with Crippen LogP contribution >= 0.6 is 0 Å². The minimum Gasteiger partial charge on any atom is -0.457 e. The van der Waals surface area contributed by atoms with E-state index in [2.05, 4.69) is 151 Å². The Kier molecular flexibility index (Phi) is 7.95. The molecule has 0 unspecified atom stereocenters. The van der Waals surface area contributed by atoms with Crippen molar-refractivity contribution < 1.29 is 4.74 Å². The Hall–Kier alpha value is -5.16. The number of ether oxygens (including phenoxy) is 1. The van der Waals surface area contributed by atoms with Crippen LogP contribution in [0.2, 0.25) is 0 Å². The lowest BCUT2D eigenvalue weighted by Gasteiger charge is -2.21. The van der Waals surface area contributed by atoms with Crippen LogP contribution in [0.4, 0.5) is 0 Å². The Morgan fingerprint density at radius 3 is 2.27 bits per heavy atom. The van der Waals surface area contributed by atoms with Gasteiger partial charge in [-0.15, -0.1) is 0 Å². The molecule has 0 aliphatic rings. The number of hydrogen-bond acceptors (Lipinski definition) is 3. The van der Waals surface area contributed by atoms with E-state index in [1.54, 1.807) is 0 Å². The number of rotatable bonds is 7. The van der Waals surface area contributed by atoms with Crippen LogP contribution in [-0.2, 0) is 11.8 Å². The van der Waals surface area contributed by atoms with Gasteiger partial charge in [0.05, 0.1) is 22.9 Å². The largest absolute Gasteiger partial charge is 0.457 e. The molecule has 0 atom stereocenters. The molecule has 0 amide bonds. The molecule has 3 aromatic heterocycles. The van der Waals surface area contributed by atoms with Gasteiger partial charge in [0.2, 0.25) is 0 Å². The van der Waals surface area contributed by atoms with Gasteiger partial charge in [0.15, 0.2) is 0 Å². The Morgan fingerprint density at radius 1 is 0.771 bits per heavy atom. The van der Waals surface area contributed by atoms with Crippen LogP contribution in [0.1, 0.15) is 62.4 Å². The molecule has 0 aliphatic heterocycles. The zero-order chi connectivity index (χ0) is 33.7. The first-order valence-electron chi connectivity index (χ1n) is 16.9. The summed E-state index contributed by atoms with van der Waals surface area (Å²) >= 11 is 0. The van der Waals surface area contributed by atoms with Gasteiger partial charge in [-0.25, -0.2) is 9.67 Å². The molecule has 242 valence electrons. The predicted molar refractivity (Wildman–Crippen MR) is 199 cm³/mol.